The third kappa shape index (κ3) is 1.11. The first-order valence-electron chi connectivity index (χ1n) is 5.31. The Bertz CT molecular complexity index is 608. The average Bonchev–Trinajstić information content (AvgIpc) is 2.63. The van der Waals surface area contributed by atoms with Crippen LogP contribution >= 0.6 is 0 Å². The van der Waals surface area contributed by atoms with E-state index >= 15 is 0 Å². The molecule has 0 aromatic carbocycles. The standard InChI is InChI=1S/C13H11NO2/c15-13(16)12-9-5-1-2-6-10(9)14-8-4-3-7-11(12)14/h1,3-5,7-8H,2,6H2,(H,15,16). The zero-order valence-corrected chi connectivity index (χ0v) is 8.68. The molecular formula is C13H11NO2. The number of nitrogens with zero attached hydrogens (tertiary/aromatic N) is 1. The highest BCUT2D eigenvalue weighted by molar-refractivity contribution is 6.01. The number of pyridine rings is 1. The third-order valence-electron chi connectivity index (χ3n) is 3.03. The summed E-state index contributed by atoms with van der Waals surface area (Å²) < 4.78 is 1.99. The number of aryl methyl sites for hydroxylation is 1. The summed E-state index contributed by atoms with van der Waals surface area (Å²) >= 11 is 0. The first-order valence-corrected chi connectivity index (χ1v) is 5.31. The molecule has 80 valence electrons. The Balaban J connectivity index is 2.47. The molecular weight excluding hydrogens is 202 g/mol. The summed E-state index contributed by atoms with van der Waals surface area (Å²) in [6, 6.07) is 5.66. The maximum Gasteiger partial charge on any atom is 0.338 e. The van der Waals surface area contributed by atoms with Crippen LogP contribution < -0.4 is 0 Å². The molecule has 1 N–H and O–H groups in total. The molecule has 0 bridgehead atoms. The van der Waals surface area contributed by atoms with Crippen molar-refractivity contribution in [3.8, 4) is 0 Å². The van der Waals surface area contributed by atoms with E-state index in [4.69, 9.17) is 0 Å². The van der Waals surface area contributed by atoms with Gasteiger partial charge in [-0.1, -0.05) is 18.2 Å². The number of carboxylic acids is 1. The zero-order valence-electron chi connectivity index (χ0n) is 8.68. The van der Waals surface area contributed by atoms with Crippen molar-refractivity contribution < 1.29 is 9.90 Å². The summed E-state index contributed by atoms with van der Waals surface area (Å²) in [7, 11) is 0. The fourth-order valence-corrected chi connectivity index (χ4v) is 2.37. The number of rotatable bonds is 1. The van der Waals surface area contributed by atoms with Crippen LogP contribution in [0, 0.1) is 0 Å². The molecule has 3 rings (SSSR count). The summed E-state index contributed by atoms with van der Waals surface area (Å²) in [5, 5.41) is 9.28. The molecule has 0 radical (unpaired) electrons. The second-order valence-corrected chi connectivity index (χ2v) is 3.94. The molecule has 3 nitrogen and oxygen atoms in total. The Morgan fingerprint density at radius 3 is 3.06 bits per heavy atom. The molecule has 0 aliphatic heterocycles. The lowest BCUT2D eigenvalue weighted by atomic mass is 10.0. The maximum atomic E-state index is 11.3. The van der Waals surface area contributed by atoms with Crippen molar-refractivity contribution in [1.29, 1.82) is 0 Å². The van der Waals surface area contributed by atoms with Crippen LogP contribution in [0.25, 0.3) is 11.6 Å². The summed E-state index contributed by atoms with van der Waals surface area (Å²) in [4.78, 5) is 11.3. The molecule has 0 fully saturated rings. The lowest BCUT2D eigenvalue weighted by Crippen LogP contribution is -1.99. The molecule has 0 saturated heterocycles. The average molecular weight is 213 g/mol. The van der Waals surface area contributed by atoms with E-state index in [1.165, 1.54) is 0 Å². The van der Waals surface area contributed by atoms with Crippen LogP contribution in [0.4, 0.5) is 0 Å². The Hall–Kier alpha value is -2.03. The monoisotopic (exact) mass is 213 g/mol. The molecule has 16 heavy (non-hydrogen) atoms. The quantitative estimate of drug-likeness (QED) is 0.791. The molecule has 0 unspecified atom stereocenters. The second-order valence-electron chi connectivity index (χ2n) is 3.94. The van der Waals surface area contributed by atoms with E-state index in [1.54, 1.807) is 0 Å². The van der Waals surface area contributed by atoms with E-state index in [0.717, 1.165) is 29.6 Å². The smallest absolute Gasteiger partial charge is 0.338 e. The van der Waals surface area contributed by atoms with E-state index in [2.05, 4.69) is 0 Å². The van der Waals surface area contributed by atoms with Gasteiger partial charge in [-0.05, 0) is 25.0 Å². The van der Waals surface area contributed by atoms with E-state index in [1.807, 2.05) is 40.9 Å². The van der Waals surface area contributed by atoms with Crippen LogP contribution in [-0.2, 0) is 6.42 Å². The lowest BCUT2D eigenvalue weighted by molar-refractivity contribution is 0.0699. The number of hydrogen-bond acceptors (Lipinski definition) is 1. The molecule has 2 aromatic heterocycles. The Morgan fingerprint density at radius 2 is 2.25 bits per heavy atom. The molecule has 0 spiro atoms. The van der Waals surface area contributed by atoms with Gasteiger partial charge in [0.15, 0.2) is 0 Å². The Kier molecular flexibility index (Phi) is 1.86. The number of carbonyl (C=O) groups is 1. The van der Waals surface area contributed by atoms with Gasteiger partial charge in [0.25, 0.3) is 0 Å². The predicted octanol–water partition coefficient (Wildman–Crippen LogP) is 2.60. The minimum atomic E-state index is -0.850. The van der Waals surface area contributed by atoms with Crippen molar-refractivity contribution >= 4 is 17.6 Å². The molecule has 2 heterocycles. The number of allylic oxidation sites excluding steroid dienone is 1. The van der Waals surface area contributed by atoms with E-state index < -0.39 is 5.97 Å². The summed E-state index contributed by atoms with van der Waals surface area (Å²) in [5.41, 5.74) is 3.18. The Morgan fingerprint density at radius 1 is 1.38 bits per heavy atom. The SMILES string of the molecule is O=C(O)c1c2c(n3ccccc13)CCC=C2. The van der Waals surface area contributed by atoms with Crippen molar-refractivity contribution in [1.82, 2.24) is 4.40 Å². The highest BCUT2D eigenvalue weighted by Crippen LogP contribution is 2.29. The minimum Gasteiger partial charge on any atom is -0.478 e. The molecule has 0 amide bonds. The van der Waals surface area contributed by atoms with Crippen molar-refractivity contribution in [2.75, 3.05) is 0 Å². The van der Waals surface area contributed by atoms with E-state index in [-0.39, 0.29) is 0 Å². The van der Waals surface area contributed by atoms with Crippen LogP contribution in [0.5, 0.6) is 0 Å². The van der Waals surface area contributed by atoms with Crippen LogP contribution in [0.2, 0.25) is 0 Å². The topological polar surface area (TPSA) is 41.7 Å². The number of aromatic carboxylic acids is 1. The van der Waals surface area contributed by atoms with Crippen molar-refractivity contribution in [3.05, 3.63) is 47.3 Å². The molecule has 0 saturated carbocycles. The first-order chi connectivity index (χ1) is 7.79. The van der Waals surface area contributed by atoms with Gasteiger partial charge in [-0.3, -0.25) is 0 Å². The molecule has 2 aromatic rings. The lowest BCUT2D eigenvalue weighted by Gasteiger charge is -2.06. The van der Waals surface area contributed by atoms with Crippen molar-refractivity contribution in [2.45, 2.75) is 12.8 Å². The van der Waals surface area contributed by atoms with Gasteiger partial charge >= 0.3 is 5.97 Å². The van der Waals surface area contributed by atoms with Crippen LogP contribution in [0.1, 0.15) is 28.0 Å². The summed E-state index contributed by atoms with van der Waals surface area (Å²) in [6.45, 7) is 0. The maximum absolute atomic E-state index is 11.3. The fraction of sp³-hybridized carbons (Fsp3) is 0.154. The number of aromatic nitrogens is 1. The zero-order chi connectivity index (χ0) is 11.1. The van der Waals surface area contributed by atoms with Gasteiger partial charge in [-0.25, -0.2) is 4.79 Å². The van der Waals surface area contributed by atoms with Gasteiger partial charge in [-0.15, -0.1) is 0 Å². The van der Waals surface area contributed by atoms with Gasteiger partial charge in [0, 0.05) is 17.5 Å². The van der Waals surface area contributed by atoms with E-state index in [9.17, 15) is 9.90 Å². The fourth-order valence-electron chi connectivity index (χ4n) is 2.37. The Labute approximate surface area is 92.6 Å². The van der Waals surface area contributed by atoms with E-state index in [0.29, 0.717) is 5.56 Å². The van der Waals surface area contributed by atoms with Gasteiger partial charge in [-0.2, -0.15) is 0 Å². The van der Waals surface area contributed by atoms with Crippen LogP contribution in [0.3, 0.4) is 0 Å². The minimum absolute atomic E-state index is 0.423. The summed E-state index contributed by atoms with van der Waals surface area (Å²) in [6.07, 6.45) is 7.78. The largest absolute Gasteiger partial charge is 0.478 e. The third-order valence-corrected chi connectivity index (χ3v) is 3.03. The van der Waals surface area contributed by atoms with Gasteiger partial charge in [0.1, 0.15) is 0 Å². The van der Waals surface area contributed by atoms with Crippen LogP contribution in [0.15, 0.2) is 30.5 Å². The number of fused-ring (bicyclic) bond motifs is 3. The molecule has 1 aliphatic carbocycles. The van der Waals surface area contributed by atoms with Crippen molar-refractivity contribution in [2.24, 2.45) is 0 Å². The first kappa shape index (κ1) is 9.21. The van der Waals surface area contributed by atoms with Crippen molar-refractivity contribution in [3.63, 3.8) is 0 Å². The predicted molar refractivity (Wildman–Crippen MR) is 61.7 cm³/mol. The summed E-state index contributed by atoms with van der Waals surface area (Å²) in [5.74, 6) is -0.850. The van der Waals surface area contributed by atoms with Crippen LogP contribution in [-0.4, -0.2) is 15.5 Å². The number of hydrogen-bond donors (Lipinski definition) is 1. The molecule has 1 aliphatic rings. The number of carboxylic acid groups (broad SMARTS) is 1. The second kappa shape index (κ2) is 3.23. The highest BCUT2D eigenvalue weighted by Gasteiger charge is 2.21. The highest BCUT2D eigenvalue weighted by atomic mass is 16.4. The normalized spacial score (nSPS) is 14.0. The molecule has 3 heteroatoms. The van der Waals surface area contributed by atoms with Gasteiger partial charge in [0.2, 0.25) is 0 Å². The molecule has 0 atom stereocenters. The van der Waals surface area contributed by atoms with Gasteiger partial charge in [0.05, 0.1) is 11.1 Å². The van der Waals surface area contributed by atoms with Gasteiger partial charge < -0.3 is 9.51 Å².